The maximum absolute atomic E-state index is 13.3. The third-order valence-electron chi connectivity index (χ3n) is 4.63. The molecule has 158 valence electrons. The molecule has 8 heteroatoms. The van der Waals surface area contributed by atoms with E-state index >= 15 is 0 Å². The Hall–Kier alpha value is -3.57. The number of para-hydroxylation sites is 1. The fourth-order valence-corrected chi connectivity index (χ4v) is 4.44. The number of likely N-dealkylation sites (N-methyl/N-ethyl adjacent to an activating group) is 1. The second-order valence-electron chi connectivity index (χ2n) is 6.61. The highest BCUT2D eigenvalue weighted by Gasteiger charge is 2.40. The molecule has 1 N–H and O–H groups in total. The Morgan fingerprint density at radius 2 is 1.84 bits per heavy atom. The molecular weight excluding hydrogens is 414 g/mol. The summed E-state index contributed by atoms with van der Waals surface area (Å²) < 4.78 is 4.99. The second-order valence-corrected chi connectivity index (χ2v) is 7.80. The van der Waals surface area contributed by atoms with Crippen molar-refractivity contribution in [2.45, 2.75) is 18.6 Å². The Morgan fingerprint density at radius 3 is 2.42 bits per heavy atom. The highest BCUT2D eigenvalue weighted by molar-refractivity contribution is 8.05. The van der Waals surface area contributed by atoms with Crippen molar-refractivity contribution in [2.75, 3.05) is 18.6 Å². The van der Waals surface area contributed by atoms with Crippen LogP contribution in [0.25, 0.3) is 0 Å². The van der Waals surface area contributed by atoms with Gasteiger partial charge < -0.3 is 10.1 Å². The van der Waals surface area contributed by atoms with E-state index in [2.05, 4.69) is 5.32 Å². The molecule has 0 radical (unpaired) electrons. The Balaban J connectivity index is 1.92. The molecular formula is C23H21N3O4S. The van der Waals surface area contributed by atoms with E-state index in [1.807, 2.05) is 12.1 Å². The number of thioether (sulfide) groups is 1. The molecule has 31 heavy (non-hydrogen) atoms. The van der Waals surface area contributed by atoms with Crippen molar-refractivity contribution >= 4 is 35.2 Å². The minimum absolute atomic E-state index is 0.107. The van der Waals surface area contributed by atoms with Gasteiger partial charge in [-0.05, 0) is 43.2 Å². The van der Waals surface area contributed by atoms with Crippen LogP contribution in [-0.4, -0.2) is 36.7 Å². The summed E-state index contributed by atoms with van der Waals surface area (Å²) in [5.74, 6) is -1.15. The summed E-state index contributed by atoms with van der Waals surface area (Å²) in [5, 5.41) is 11.8. The first kappa shape index (κ1) is 22.1. The summed E-state index contributed by atoms with van der Waals surface area (Å²) in [6.45, 7) is 2.04. The van der Waals surface area contributed by atoms with Crippen LogP contribution in [0, 0.1) is 11.3 Å². The Labute approximate surface area is 184 Å². The number of rotatable bonds is 6. The lowest BCUT2D eigenvalue weighted by Gasteiger charge is -2.18. The standard InChI is InChI=1S/C23H21N3O4S/c1-3-30-23(29)16-11-9-15(10-12-16)13-19-21(28)26(17-7-5-4-6-8-17)22(31-19)18(14-24)20(27)25-2/h4-12,19H,3,13H2,1-2H3,(H,25,27)/b22-18-/t19-/m1/s1. The molecule has 1 atom stereocenters. The van der Waals surface area contributed by atoms with Crippen molar-refractivity contribution in [3.63, 3.8) is 0 Å². The van der Waals surface area contributed by atoms with Gasteiger partial charge in [-0.25, -0.2) is 4.79 Å². The lowest BCUT2D eigenvalue weighted by Crippen LogP contribution is -2.31. The molecule has 0 bridgehead atoms. The number of anilines is 1. The van der Waals surface area contributed by atoms with Gasteiger partial charge in [0.15, 0.2) is 0 Å². The van der Waals surface area contributed by atoms with E-state index in [0.717, 1.165) is 5.56 Å². The van der Waals surface area contributed by atoms with E-state index in [4.69, 9.17) is 4.74 Å². The predicted octanol–water partition coefficient (Wildman–Crippen LogP) is 3.04. The number of carbonyl (C=O) groups is 3. The average Bonchev–Trinajstić information content (AvgIpc) is 3.10. The van der Waals surface area contributed by atoms with Crippen LogP contribution in [0.1, 0.15) is 22.8 Å². The van der Waals surface area contributed by atoms with Gasteiger partial charge in [0, 0.05) is 12.7 Å². The molecule has 3 rings (SSSR count). The highest BCUT2D eigenvalue weighted by Crippen LogP contribution is 2.41. The number of nitriles is 1. The maximum atomic E-state index is 13.3. The molecule has 0 unspecified atom stereocenters. The number of carbonyl (C=O) groups excluding carboxylic acids is 3. The molecule has 7 nitrogen and oxygen atoms in total. The van der Waals surface area contributed by atoms with Crippen LogP contribution in [0.2, 0.25) is 0 Å². The number of amides is 2. The van der Waals surface area contributed by atoms with Crippen molar-refractivity contribution in [1.82, 2.24) is 5.32 Å². The van der Waals surface area contributed by atoms with Crippen LogP contribution in [0.15, 0.2) is 65.2 Å². The Bertz CT molecular complexity index is 1060. The van der Waals surface area contributed by atoms with Crippen molar-refractivity contribution in [2.24, 2.45) is 0 Å². The molecule has 1 aliphatic heterocycles. The Kier molecular flexibility index (Phi) is 7.11. The number of ether oxygens (including phenoxy) is 1. The van der Waals surface area contributed by atoms with Gasteiger partial charge in [0.25, 0.3) is 5.91 Å². The minimum Gasteiger partial charge on any atom is -0.462 e. The van der Waals surface area contributed by atoms with Crippen LogP contribution < -0.4 is 10.2 Å². The maximum Gasteiger partial charge on any atom is 0.338 e. The van der Waals surface area contributed by atoms with Gasteiger partial charge in [-0.15, -0.1) is 0 Å². The van der Waals surface area contributed by atoms with Crippen LogP contribution in [0.3, 0.4) is 0 Å². The van der Waals surface area contributed by atoms with E-state index in [1.165, 1.54) is 23.7 Å². The van der Waals surface area contributed by atoms with Crippen LogP contribution in [-0.2, 0) is 20.7 Å². The summed E-state index contributed by atoms with van der Waals surface area (Å²) in [7, 11) is 1.44. The quantitative estimate of drug-likeness (QED) is 0.425. The summed E-state index contributed by atoms with van der Waals surface area (Å²) in [6.07, 6.45) is 0.381. The number of nitrogens with zero attached hydrogens (tertiary/aromatic N) is 2. The molecule has 2 amide bonds. The van der Waals surface area contributed by atoms with Crippen LogP contribution >= 0.6 is 11.8 Å². The number of hydrogen-bond donors (Lipinski definition) is 1. The molecule has 0 aromatic heterocycles. The molecule has 2 aromatic rings. The molecule has 2 aromatic carbocycles. The third-order valence-corrected chi connectivity index (χ3v) is 5.90. The topological polar surface area (TPSA) is 99.5 Å². The van der Waals surface area contributed by atoms with Gasteiger partial charge in [-0.1, -0.05) is 42.1 Å². The van der Waals surface area contributed by atoms with Gasteiger partial charge in [0.1, 0.15) is 16.7 Å². The monoisotopic (exact) mass is 435 g/mol. The van der Waals surface area contributed by atoms with E-state index in [1.54, 1.807) is 55.5 Å². The summed E-state index contributed by atoms with van der Waals surface area (Å²) in [4.78, 5) is 38.8. The van der Waals surface area contributed by atoms with Gasteiger partial charge in [-0.3, -0.25) is 14.5 Å². The largest absolute Gasteiger partial charge is 0.462 e. The molecule has 0 aliphatic carbocycles. The van der Waals surface area contributed by atoms with Crippen LogP contribution in [0.4, 0.5) is 5.69 Å². The molecule has 1 fully saturated rings. The first-order chi connectivity index (χ1) is 15.0. The first-order valence-electron chi connectivity index (χ1n) is 9.68. The van der Waals surface area contributed by atoms with Crippen LogP contribution in [0.5, 0.6) is 0 Å². The molecule has 1 aliphatic rings. The second kappa shape index (κ2) is 9.96. The fraction of sp³-hybridized carbons (Fsp3) is 0.217. The van der Waals surface area contributed by atoms with E-state index < -0.39 is 17.1 Å². The lowest BCUT2D eigenvalue weighted by atomic mass is 10.1. The normalized spacial score (nSPS) is 17.1. The highest BCUT2D eigenvalue weighted by atomic mass is 32.2. The number of hydrogen-bond acceptors (Lipinski definition) is 6. The number of benzene rings is 2. The van der Waals surface area contributed by atoms with Gasteiger partial charge >= 0.3 is 5.97 Å². The molecule has 1 heterocycles. The smallest absolute Gasteiger partial charge is 0.338 e. The summed E-state index contributed by atoms with van der Waals surface area (Å²) in [6, 6.07) is 17.7. The molecule has 0 spiro atoms. The van der Waals surface area contributed by atoms with E-state index in [-0.39, 0.29) is 11.5 Å². The fourth-order valence-electron chi connectivity index (χ4n) is 3.13. The molecule has 1 saturated heterocycles. The zero-order valence-electron chi connectivity index (χ0n) is 17.1. The minimum atomic E-state index is -0.543. The zero-order valence-corrected chi connectivity index (χ0v) is 17.9. The molecule has 0 saturated carbocycles. The average molecular weight is 436 g/mol. The first-order valence-corrected chi connectivity index (χ1v) is 10.6. The predicted molar refractivity (Wildman–Crippen MR) is 118 cm³/mol. The van der Waals surface area contributed by atoms with Crippen molar-refractivity contribution < 1.29 is 19.1 Å². The van der Waals surface area contributed by atoms with Gasteiger partial charge in [0.05, 0.1) is 17.4 Å². The number of esters is 1. The SMILES string of the molecule is CCOC(=O)c1ccc(C[C@H]2S/C(=C(/C#N)C(=O)NC)N(c3ccccc3)C2=O)cc1. The summed E-state index contributed by atoms with van der Waals surface area (Å²) in [5.41, 5.74) is 1.78. The Morgan fingerprint density at radius 1 is 1.16 bits per heavy atom. The zero-order chi connectivity index (χ0) is 22.4. The van der Waals surface area contributed by atoms with Crippen molar-refractivity contribution in [3.8, 4) is 6.07 Å². The van der Waals surface area contributed by atoms with E-state index in [9.17, 15) is 19.6 Å². The van der Waals surface area contributed by atoms with E-state index in [0.29, 0.717) is 29.3 Å². The number of nitrogens with one attached hydrogen (secondary N) is 1. The summed E-state index contributed by atoms with van der Waals surface area (Å²) >= 11 is 1.19. The van der Waals surface area contributed by atoms with Crippen molar-refractivity contribution in [1.29, 1.82) is 5.26 Å². The van der Waals surface area contributed by atoms with Gasteiger partial charge in [0.2, 0.25) is 5.91 Å². The van der Waals surface area contributed by atoms with Gasteiger partial charge in [-0.2, -0.15) is 5.26 Å². The van der Waals surface area contributed by atoms with Crippen molar-refractivity contribution in [3.05, 3.63) is 76.3 Å². The lowest BCUT2D eigenvalue weighted by molar-refractivity contribution is -0.117. The third kappa shape index (κ3) is 4.78.